The molecule has 1 aromatic heterocycles. The molecule has 0 aliphatic heterocycles. The van der Waals surface area contributed by atoms with E-state index in [-0.39, 0.29) is 5.56 Å². The lowest BCUT2D eigenvalue weighted by molar-refractivity contribution is 0.217. The Morgan fingerprint density at radius 3 is 2.80 bits per heavy atom. The van der Waals surface area contributed by atoms with Crippen molar-refractivity contribution < 1.29 is 4.74 Å². The van der Waals surface area contributed by atoms with Crippen LogP contribution in [0.2, 0.25) is 0 Å². The number of aromatic nitrogens is 2. The van der Waals surface area contributed by atoms with Crippen molar-refractivity contribution in [3.63, 3.8) is 0 Å². The SMILES string of the molecule is CCN(CC)CCOc1cc(=O)[nH]cn1. The molecule has 1 aromatic rings. The van der Waals surface area contributed by atoms with Crippen molar-refractivity contribution in [3.8, 4) is 5.88 Å². The van der Waals surface area contributed by atoms with Gasteiger partial charge in [-0.2, -0.15) is 0 Å². The molecule has 1 N–H and O–H groups in total. The summed E-state index contributed by atoms with van der Waals surface area (Å²) in [5.74, 6) is 0.380. The molecule has 5 nitrogen and oxygen atoms in total. The molecule has 0 saturated heterocycles. The fourth-order valence-electron chi connectivity index (χ4n) is 1.25. The number of ether oxygens (including phenoxy) is 1. The maximum atomic E-state index is 10.9. The highest BCUT2D eigenvalue weighted by Gasteiger charge is 2.00. The van der Waals surface area contributed by atoms with E-state index in [0.29, 0.717) is 12.5 Å². The van der Waals surface area contributed by atoms with Gasteiger partial charge in [-0.05, 0) is 13.1 Å². The minimum atomic E-state index is -0.192. The third-order valence-electron chi connectivity index (χ3n) is 2.21. The molecule has 1 heterocycles. The van der Waals surface area contributed by atoms with Crippen LogP contribution in [-0.2, 0) is 0 Å². The Kier molecular flexibility index (Phi) is 4.83. The molecule has 1 rings (SSSR count). The van der Waals surface area contributed by atoms with E-state index < -0.39 is 0 Å². The molecule has 84 valence electrons. The molecule has 0 aliphatic rings. The Hall–Kier alpha value is -1.36. The van der Waals surface area contributed by atoms with Crippen LogP contribution in [0.15, 0.2) is 17.2 Å². The smallest absolute Gasteiger partial charge is 0.254 e. The topological polar surface area (TPSA) is 58.2 Å². The van der Waals surface area contributed by atoms with Gasteiger partial charge in [0.05, 0.1) is 12.4 Å². The molecular formula is C10H17N3O2. The van der Waals surface area contributed by atoms with Gasteiger partial charge in [-0.1, -0.05) is 13.8 Å². The van der Waals surface area contributed by atoms with Crippen LogP contribution >= 0.6 is 0 Å². The van der Waals surface area contributed by atoms with Crippen LogP contribution in [-0.4, -0.2) is 41.1 Å². The molecule has 0 fully saturated rings. The fraction of sp³-hybridized carbons (Fsp3) is 0.600. The monoisotopic (exact) mass is 211 g/mol. The summed E-state index contributed by atoms with van der Waals surface area (Å²) in [6.07, 6.45) is 1.34. The van der Waals surface area contributed by atoms with Crippen LogP contribution in [0.5, 0.6) is 5.88 Å². The molecule has 0 amide bonds. The Morgan fingerprint density at radius 2 is 2.20 bits per heavy atom. The molecular weight excluding hydrogens is 194 g/mol. The zero-order valence-corrected chi connectivity index (χ0v) is 9.19. The fourth-order valence-corrected chi connectivity index (χ4v) is 1.25. The molecule has 0 aliphatic carbocycles. The van der Waals surface area contributed by atoms with Gasteiger partial charge in [-0.25, -0.2) is 4.98 Å². The van der Waals surface area contributed by atoms with E-state index in [1.165, 1.54) is 12.4 Å². The van der Waals surface area contributed by atoms with E-state index >= 15 is 0 Å². The lowest BCUT2D eigenvalue weighted by atomic mass is 10.5. The number of likely N-dealkylation sites (N-methyl/N-ethyl adjacent to an activating group) is 1. The summed E-state index contributed by atoms with van der Waals surface area (Å²) in [7, 11) is 0. The number of hydrogen-bond acceptors (Lipinski definition) is 4. The summed E-state index contributed by atoms with van der Waals surface area (Å²) < 4.78 is 5.35. The maximum absolute atomic E-state index is 10.9. The van der Waals surface area contributed by atoms with Gasteiger partial charge in [0, 0.05) is 6.54 Å². The zero-order valence-electron chi connectivity index (χ0n) is 9.19. The van der Waals surface area contributed by atoms with Crippen molar-refractivity contribution >= 4 is 0 Å². The van der Waals surface area contributed by atoms with Gasteiger partial charge >= 0.3 is 0 Å². The minimum Gasteiger partial charge on any atom is -0.476 e. The average Bonchev–Trinajstić information content (AvgIpc) is 2.25. The van der Waals surface area contributed by atoms with Crippen molar-refractivity contribution in [2.24, 2.45) is 0 Å². The molecule has 15 heavy (non-hydrogen) atoms. The number of H-pyrrole nitrogens is 1. The van der Waals surface area contributed by atoms with Crippen LogP contribution in [0.25, 0.3) is 0 Å². The van der Waals surface area contributed by atoms with Crippen molar-refractivity contribution in [3.05, 3.63) is 22.7 Å². The van der Waals surface area contributed by atoms with E-state index in [1.54, 1.807) is 0 Å². The largest absolute Gasteiger partial charge is 0.476 e. The van der Waals surface area contributed by atoms with Gasteiger partial charge in [0.1, 0.15) is 6.61 Å². The minimum absolute atomic E-state index is 0.192. The number of rotatable bonds is 6. The van der Waals surface area contributed by atoms with Crippen molar-refractivity contribution in [1.29, 1.82) is 0 Å². The van der Waals surface area contributed by atoms with Crippen LogP contribution < -0.4 is 10.3 Å². The van der Waals surface area contributed by atoms with Gasteiger partial charge in [-0.15, -0.1) is 0 Å². The molecule has 5 heteroatoms. The highest BCUT2D eigenvalue weighted by atomic mass is 16.5. The lowest BCUT2D eigenvalue weighted by Crippen LogP contribution is -2.28. The highest BCUT2D eigenvalue weighted by molar-refractivity contribution is 5.04. The number of hydrogen-bond donors (Lipinski definition) is 1. The Bertz CT molecular complexity index is 333. The second-order valence-electron chi connectivity index (χ2n) is 3.12. The van der Waals surface area contributed by atoms with Crippen molar-refractivity contribution in [2.75, 3.05) is 26.2 Å². The zero-order chi connectivity index (χ0) is 11.1. The predicted molar refractivity (Wildman–Crippen MR) is 58.1 cm³/mol. The van der Waals surface area contributed by atoms with E-state index in [2.05, 4.69) is 28.7 Å². The van der Waals surface area contributed by atoms with Gasteiger partial charge in [-0.3, -0.25) is 4.79 Å². The standard InChI is InChI=1S/C10H17N3O2/c1-3-13(4-2)5-6-15-10-7-9(14)11-8-12-10/h7-8H,3-6H2,1-2H3,(H,11,12,14). The first-order chi connectivity index (χ1) is 7.26. The number of nitrogens with zero attached hydrogens (tertiary/aromatic N) is 2. The van der Waals surface area contributed by atoms with Crippen LogP contribution in [0.4, 0.5) is 0 Å². The van der Waals surface area contributed by atoms with Crippen LogP contribution in [0, 0.1) is 0 Å². The Morgan fingerprint density at radius 1 is 1.47 bits per heavy atom. The van der Waals surface area contributed by atoms with Crippen LogP contribution in [0.3, 0.4) is 0 Å². The lowest BCUT2D eigenvalue weighted by Gasteiger charge is -2.17. The van der Waals surface area contributed by atoms with Gasteiger partial charge < -0.3 is 14.6 Å². The van der Waals surface area contributed by atoms with E-state index in [1.807, 2.05) is 0 Å². The van der Waals surface area contributed by atoms with Crippen molar-refractivity contribution in [1.82, 2.24) is 14.9 Å². The van der Waals surface area contributed by atoms with Crippen LogP contribution in [0.1, 0.15) is 13.8 Å². The summed E-state index contributed by atoms with van der Waals surface area (Å²) in [4.78, 5) is 19.5. The van der Waals surface area contributed by atoms with Gasteiger partial charge in [0.15, 0.2) is 0 Å². The molecule has 0 aromatic carbocycles. The van der Waals surface area contributed by atoms with Gasteiger partial charge in [0.25, 0.3) is 5.56 Å². The molecule has 0 bridgehead atoms. The second-order valence-corrected chi connectivity index (χ2v) is 3.12. The van der Waals surface area contributed by atoms with Gasteiger partial charge in [0.2, 0.25) is 5.88 Å². The first-order valence-electron chi connectivity index (χ1n) is 5.16. The highest BCUT2D eigenvalue weighted by Crippen LogP contribution is 1.98. The first kappa shape index (κ1) is 11.7. The third-order valence-corrected chi connectivity index (χ3v) is 2.21. The molecule has 0 unspecified atom stereocenters. The van der Waals surface area contributed by atoms with E-state index in [4.69, 9.17) is 4.74 Å². The first-order valence-corrected chi connectivity index (χ1v) is 5.16. The normalized spacial score (nSPS) is 10.6. The summed E-state index contributed by atoms with van der Waals surface area (Å²) >= 11 is 0. The summed E-state index contributed by atoms with van der Waals surface area (Å²) in [5, 5.41) is 0. The quantitative estimate of drug-likeness (QED) is 0.744. The Balaban J connectivity index is 2.34. The van der Waals surface area contributed by atoms with Crippen molar-refractivity contribution in [2.45, 2.75) is 13.8 Å². The molecule has 0 saturated carbocycles. The summed E-state index contributed by atoms with van der Waals surface area (Å²) in [6.45, 7) is 7.62. The van der Waals surface area contributed by atoms with E-state index in [9.17, 15) is 4.79 Å². The molecule has 0 spiro atoms. The Labute approximate surface area is 89.1 Å². The maximum Gasteiger partial charge on any atom is 0.254 e. The number of nitrogens with one attached hydrogen (secondary N) is 1. The average molecular weight is 211 g/mol. The second kappa shape index (κ2) is 6.19. The summed E-state index contributed by atoms with van der Waals surface area (Å²) in [6, 6.07) is 1.35. The predicted octanol–water partition coefficient (Wildman–Crippen LogP) is 0.490. The molecule has 0 radical (unpaired) electrons. The number of aromatic amines is 1. The van der Waals surface area contributed by atoms with E-state index in [0.717, 1.165) is 19.6 Å². The molecule has 0 atom stereocenters. The summed E-state index contributed by atoms with van der Waals surface area (Å²) in [5.41, 5.74) is -0.192. The third kappa shape index (κ3) is 4.12.